The number of anilines is 1. The van der Waals surface area contributed by atoms with Gasteiger partial charge in [0.15, 0.2) is 0 Å². The summed E-state index contributed by atoms with van der Waals surface area (Å²) in [5, 5.41) is 11.0. The highest BCUT2D eigenvalue weighted by molar-refractivity contribution is 7.98. The van der Waals surface area contributed by atoms with Crippen LogP contribution in [0, 0.1) is 0 Å². The van der Waals surface area contributed by atoms with Gasteiger partial charge in [-0.1, -0.05) is 18.2 Å². The molecule has 1 N–H and O–H groups in total. The number of carbonyl (C=O) groups is 1. The Labute approximate surface area is 149 Å². The van der Waals surface area contributed by atoms with E-state index in [1.807, 2.05) is 24.5 Å². The van der Waals surface area contributed by atoms with E-state index in [1.54, 1.807) is 56.2 Å². The number of carbonyl (C=O) groups excluding carboxylic acids is 1. The number of aromatic nitrogens is 1. The van der Waals surface area contributed by atoms with Gasteiger partial charge in [-0.25, -0.2) is 0 Å². The van der Waals surface area contributed by atoms with Crippen molar-refractivity contribution in [1.29, 1.82) is 0 Å². The molecule has 5 nitrogen and oxygen atoms in total. The summed E-state index contributed by atoms with van der Waals surface area (Å²) in [6.07, 6.45) is 1.95. The molecule has 0 atom stereocenters. The van der Waals surface area contributed by atoms with Crippen LogP contribution in [0.4, 0.5) is 5.69 Å². The van der Waals surface area contributed by atoms with Crippen molar-refractivity contribution in [2.75, 3.05) is 18.2 Å². The Kier molecular flexibility index (Phi) is 4.55. The summed E-state index contributed by atoms with van der Waals surface area (Å²) in [7, 11) is 3.19. The molecule has 0 spiro atoms. The molecule has 3 aromatic rings. The van der Waals surface area contributed by atoms with E-state index in [9.17, 15) is 14.7 Å². The Morgan fingerprint density at radius 2 is 1.88 bits per heavy atom. The van der Waals surface area contributed by atoms with Gasteiger partial charge in [0.1, 0.15) is 11.3 Å². The van der Waals surface area contributed by atoms with Crippen molar-refractivity contribution in [3.8, 4) is 5.75 Å². The number of benzene rings is 2. The van der Waals surface area contributed by atoms with Crippen LogP contribution in [0.15, 0.2) is 58.2 Å². The summed E-state index contributed by atoms with van der Waals surface area (Å²) < 4.78 is 1.38. The predicted octanol–water partition coefficient (Wildman–Crippen LogP) is 3.24. The molecule has 1 heterocycles. The van der Waals surface area contributed by atoms with Crippen molar-refractivity contribution in [2.45, 2.75) is 4.90 Å². The zero-order chi connectivity index (χ0) is 18.1. The van der Waals surface area contributed by atoms with E-state index in [-0.39, 0.29) is 11.3 Å². The van der Waals surface area contributed by atoms with Crippen LogP contribution in [0.1, 0.15) is 10.4 Å². The minimum atomic E-state index is -0.540. The largest absolute Gasteiger partial charge is 0.506 e. The first-order valence-electron chi connectivity index (χ1n) is 7.68. The zero-order valence-corrected chi connectivity index (χ0v) is 15.0. The van der Waals surface area contributed by atoms with Crippen LogP contribution in [0.3, 0.4) is 0 Å². The van der Waals surface area contributed by atoms with Gasteiger partial charge in [0, 0.05) is 30.1 Å². The molecule has 0 saturated carbocycles. The molecule has 6 heteroatoms. The normalized spacial score (nSPS) is 10.8. The number of pyridine rings is 1. The Balaban J connectivity index is 2.15. The number of para-hydroxylation sites is 1. The van der Waals surface area contributed by atoms with E-state index in [4.69, 9.17) is 0 Å². The molecule has 0 bridgehead atoms. The number of nitrogens with zero attached hydrogens (tertiary/aromatic N) is 2. The SMILES string of the molecule is CSc1cccc(N(C)C(=O)c2c(O)c3ccccc3n(C)c2=O)c1. The fourth-order valence-electron chi connectivity index (χ4n) is 2.78. The van der Waals surface area contributed by atoms with E-state index in [2.05, 4.69) is 0 Å². The van der Waals surface area contributed by atoms with Gasteiger partial charge in [-0.15, -0.1) is 11.8 Å². The van der Waals surface area contributed by atoms with E-state index in [0.717, 1.165) is 4.90 Å². The molecule has 0 saturated heterocycles. The van der Waals surface area contributed by atoms with Gasteiger partial charge < -0.3 is 14.6 Å². The molecule has 1 aromatic heterocycles. The fraction of sp³-hybridized carbons (Fsp3) is 0.158. The van der Waals surface area contributed by atoms with Gasteiger partial charge in [-0.05, 0) is 36.6 Å². The van der Waals surface area contributed by atoms with Gasteiger partial charge in [0.05, 0.1) is 5.52 Å². The Bertz CT molecular complexity index is 1030. The summed E-state index contributed by atoms with van der Waals surface area (Å²) in [4.78, 5) is 28.0. The van der Waals surface area contributed by atoms with Crippen molar-refractivity contribution in [1.82, 2.24) is 4.57 Å². The van der Waals surface area contributed by atoms with Gasteiger partial charge >= 0.3 is 0 Å². The average Bonchev–Trinajstić information content (AvgIpc) is 2.65. The highest BCUT2D eigenvalue weighted by atomic mass is 32.2. The number of amides is 1. The van der Waals surface area contributed by atoms with E-state index in [1.165, 1.54) is 9.47 Å². The maximum atomic E-state index is 12.9. The first-order valence-corrected chi connectivity index (χ1v) is 8.91. The predicted molar refractivity (Wildman–Crippen MR) is 102 cm³/mol. The lowest BCUT2D eigenvalue weighted by Gasteiger charge is -2.19. The molecule has 0 fully saturated rings. The van der Waals surface area contributed by atoms with Crippen LogP contribution >= 0.6 is 11.8 Å². The highest BCUT2D eigenvalue weighted by Crippen LogP contribution is 2.28. The number of hydrogen-bond acceptors (Lipinski definition) is 4. The van der Waals surface area contributed by atoms with E-state index in [0.29, 0.717) is 16.6 Å². The van der Waals surface area contributed by atoms with Crippen LogP contribution in [-0.2, 0) is 7.05 Å². The molecule has 3 rings (SSSR count). The number of aromatic hydroxyl groups is 1. The first kappa shape index (κ1) is 17.1. The lowest BCUT2D eigenvalue weighted by molar-refractivity contribution is 0.0988. The van der Waals surface area contributed by atoms with Gasteiger partial charge in [-0.2, -0.15) is 0 Å². The topological polar surface area (TPSA) is 62.5 Å². The van der Waals surface area contributed by atoms with Crippen LogP contribution in [0.2, 0.25) is 0 Å². The molecule has 25 heavy (non-hydrogen) atoms. The zero-order valence-electron chi connectivity index (χ0n) is 14.2. The smallest absolute Gasteiger partial charge is 0.267 e. The lowest BCUT2D eigenvalue weighted by atomic mass is 10.1. The monoisotopic (exact) mass is 354 g/mol. The van der Waals surface area contributed by atoms with Crippen molar-refractivity contribution < 1.29 is 9.90 Å². The molecule has 0 unspecified atom stereocenters. The van der Waals surface area contributed by atoms with Crippen molar-refractivity contribution in [3.63, 3.8) is 0 Å². The molecule has 0 aliphatic rings. The third kappa shape index (κ3) is 2.89. The Morgan fingerprint density at radius 3 is 2.60 bits per heavy atom. The minimum absolute atomic E-state index is 0.224. The fourth-order valence-corrected chi connectivity index (χ4v) is 3.23. The highest BCUT2D eigenvalue weighted by Gasteiger charge is 2.24. The van der Waals surface area contributed by atoms with Gasteiger partial charge in [0.25, 0.3) is 11.5 Å². The number of fused-ring (bicyclic) bond motifs is 1. The summed E-state index contributed by atoms with van der Waals surface area (Å²) in [5.74, 6) is -0.821. The van der Waals surface area contributed by atoms with Crippen molar-refractivity contribution >= 4 is 34.3 Å². The number of hydrogen-bond donors (Lipinski definition) is 1. The molecular formula is C19H18N2O3S. The van der Waals surface area contributed by atoms with Gasteiger partial charge in [-0.3, -0.25) is 9.59 Å². The average molecular weight is 354 g/mol. The number of rotatable bonds is 3. The molecular weight excluding hydrogens is 336 g/mol. The van der Waals surface area contributed by atoms with Crippen molar-refractivity contribution in [2.24, 2.45) is 7.05 Å². The lowest BCUT2D eigenvalue weighted by Crippen LogP contribution is -2.34. The number of thioether (sulfide) groups is 1. The second-order valence-electron chi connectivity index (χ2n) is 5.67. The van der Waals surface area contributed by atoms with Crippen LogP contribution in [0.25, 0.3) is 10.9 Å². The molecule has 0 radical (unpaired) electrons. The summed E-state index contributed by atoms with van der Waals surface area (Å²) in [6.45, 7) is 0. The second-order valence-corrected chi connectivity index (χ2v) is 6.55. The van der Waals surface area contributed by atoms with Gasteiger partial charge in [0.2, 0.25) is 0 Å². The molecule has 128 valence electrons. The maximum absolute atomic E-state index is 12.9. The second kappa shape index (κ2) is 6.64. The minimum Gasteiger partial charge on any atom is -0.506 e. The Morgan fingerprint density at radius 1 is 1.16 bits per heavy atom. The summed E-state index contributed by atoms with van der Waals surface area (Å²) in [6, 6.07) is 14.4. The van der Waals surface area contributed by atoms with Crippen LogP contribution in [0.5, 0.6) is 5.75 Å². The quantitative estimate of drug-likeness (QED) is 0.734. The molecule has 2 aromatic carbocycles. The Hall–Kier alpha value is -2.73. The van der Waals surface area contributed by atoms with Crippen LogP contribution < -0.4 is 10.5 Å². The maximum Gasteiger partial charge on any atom is 0.267 e. The standard InChI is InChI=1S/C19H18N2O3S/c1-20(12-7-6-8-13(11-12)25-3)18(23)16-17(22)14-9-4-5-10-15(14)21(2)19(16)24/h4-11,22H,1-3H3. The molecule has 0 aliphatic carbocycles. The van der Waals surface area contributed by atoms with E-state index < -0.39 is 11.5 Å². The van der Waals surface area contributed by atoms with Crippen molar-refractivity contribution in [3.05, 3.63) is 64.4 Å². The third-order valence-corrected chi connectivity index (χ3v) is 4.96. The molecule has 0 aliphatic heterocycles. The summed E-state index contributed by atoms with van der Waals surface area (Å²) >= 11 is 1.57. The third-order valence-electron chi connectivity index (χ3n) is 4.23. The summed E-state index contributed by atoms with van der Waals surface area (Å²) in [5.41, 5.74) is 0.493. The van der Waals surface area contributed by atoms with E-state index >= 15 is 0 Å². The first-order chi connectivity index (χ1) is 12.0. The van der Waals surface area contributed by atoms with Crippen LogP contribution in [-0.4, -0.2) is 28.9 Å². The molecule has 1 amide bonds. The number of aryl methyl sites for hydroxylation is 1.